The Morgan fingerprint density at radius 1 is 1.30 bits per heavy atom. The number of amides is 1. The van der Waals surface area contributed by atoms with Crippen molar-refractivity contribution in [3.63, 3.8) is 0 Å². The number of hydrogen-bond donors (Lipinski definition) is 0. The van der Waals surface area contributed by atoms with Crippen molar-refractivity contribution in [3.05, 3.63) is 41.0 Å². The summed E-state index contributed by atoms with van der Waals surface area (Å²) in [6.07, 6.45) is 3.64. The van der Waals surface area contributed by atoms with E-state index in [0.717, 1.165) is 27.5 Å². The number of rotatable bonds is 3. The molecule has 0 bridgehead atoms. The van der Waals surface area contributed by atoms with Gasteiger partial charge in [-0.25, -0.2) is 18.2 Å². The normalized spacial score (nSPS) is 14.4. The third kappa shape index (κ3) is 3.32. The minimum Gasteiger partial charge on any atom is -0.450 e. The fraction of sp³-hybridized carbons (Fsp3) is 0.333. The second-order valence-corrected chi connectivity index (χ2v) is 9.50. The van der Waals surface area contributed by atoms with Crippen LogP contribution in [0, 0.1) is 0 Å². The van der Waals surface area contributed by atoms with E-state index in [1.165, 1.54) is 11.9 Å². The highest BCUT2D eigenvalue weighted by Gasteiger charge is 2.26. The summed E-state index contributed by atoms with van der Waals surface area (Å²) in [4.78, 5) is 20.6. The van der Waals surface area contributed by atoms with Crippen LogP contribution in [0.15, 0.2) is 35.4 Å². The van der Waals surface area contributed by atoms with Gasteiger partial charge in [0.1, 0.15) is 0 Å². The summed E-state index contributed by atoms with van der Waals surface area (Å²) < 4.78 is 30.4. The first kappa shape index (κ1) is 18.0. The molecule has 1 aliphatic heterocycles. The van der Waals surface area contributed by atoms with Crippen molar-refractivity contribution in [2.45, 2.75) is 24.8 Å². The van der Waals surface area contributed by atoms with Gasteiger partial charge in [-0.15, -0.1) is 0 Å². The molecule has 0 saturated heterocycles. The average Bonchev–Trinajstić information content (AvgIpc) is 3.18. The molecule has 2 aromatic heterocycles. The van der Waals surface area contributed by atoms with Crippen LogP contribution in [0.1, 0.15) is 17.5 Å². The van der Waals surface area contributed by atoms with Crippen LogP contribution in [0.4, 0.5) is 4.79 Å². The monoisotopic (exact) mass is 405 g/mol. The zero-order chi connectivity index (χ0) is 19.2. The van der Waals surface area contributed by atoms with Crippen molar-refractivity contribution in [2.75, 3.05) is 19.4 Å². The van der Waals surface area contributed by atoms with Gasteiger partial charge in [-0.05, 0) is 19.1 Å². The number of hydrogen-bond acceptors (Lipinski definition) is 6. The minimum atomic E-state index is -3.21. The Morgan fingerprint density at radius 2 is 2.04 bits per heavy atom. The molecule has 27 heavy (non-hydrogen) atoms. The van der Waals surface area contributed by atoms with Gasteiger partial charge < -0.3 is 9.64 Å². The van der Waals surface area contributed by atoms with Gasteiger partial charge in [0.15, 0.2) is 14.8 Å². The number of aromatic nitrogens is 2. The molecule has 0 atom stereocenters. The van der Waals surface area contributed by atoms with Crippen molar-refractivity contribution < 1.29 is 17.9 Å². The molecule has 4 rings (SSSR count). The van der Waals surface area contributed by atoms with Crippen LogP contribution >= 0.6 is 11.3 Å². The van der Waals surface area contributed by atoms with E-state index < -0.39 is 9.84 Å². The highest BCUT2D eigenvalue weighted by Crippen LogP contribution is 2.31. The maximum Gasteiger partial charge on any atom is 0.410 e. The van der Waals surface area contributed by atoms with E-state index in [2.05, 4.69) is 9.38 Å². The number of ether oxygens (including phenoxy) is 1. The van der Waals surface area contributed by atoms with Crippen LogP contribution in [-0.2, 0) is 27.5 Å². The van der Waals surface area contributed by atoms with Crippen molar-refractivity contribution in [1.82, 2.24) is 14.3 Å². The lowest BCUT2D eigenvalue weighted by Gasteiger charge is -2.25. The highest BCUT2D eigenvalue weighted by molar-refractivity contribution is 7.90. The number of imidazole rings is 1. The van der Waals surface area contributed by atoms with Gasteiger partial charge in [-0.1, -0.05) is 23.5 Å². The second kappa shape index (κ2) is 6.65. The van der Waals surface area contributed by atoms with E-state index in [4.69, 9.17) is 4.74 Å². The molecule has 1 amide bonds. The molecule has 0 unspecified atom stereocenters. The molecule has 0 radical (unpaired) electrons. The number of carbonyl (C=O) groups excluding carboxylic acids is 1. The van der Waals surface area contributed by atoms with Crippen LogP contribution in [0.25, 0.3) is 16.2 Å². The first-order chi connectivity index (χ1) is 12.9. The predicted molar refractivity (Wildman–Crippen MR) is 103 cm³/mol. The number of thiazole rings is 1. The topological polar surface area (TPSA) is 81.0 Å². The quantitative estimate of drug-likeness (QED) is 0.669. The molecule has 142 valence electrons. The summed E-state index contributed by atoms with van der Waals surface area (Å²) in [6, 6.07) is 6.76. The molecular formula is C18H19N3O4S2. The van der Waals surface area contributed by atoms with Crippen molar-refractivity contribution in [2.24, 2.45) is 0 Å². The van der Waals surface area contributed by atoms with E-state index in [0.29, 0.717) is 24.6 Å². The summed E-state index contributed by atoms with van der Waals surface area (Å²) in [7, 11) is -3.21. The van der Waals surface area contributed by atoms with Crippen LogP contribution in [-0.4, -0.2) is 48.2 Å². The molecule has 0 fully saturated rings. The third-order valence-electron chi connectivity index (χ3n) is 4.56. The maximum absolute atomic E-state index is 11.9. The van der Waals surface area contributed by atoms with Gasteiger partial charge in [-0.2, -0.15) is 0 Å². The number of carbonyl (C=O) groups is 1. The first-order valence-electron chi connectivity index (χ1n) is 8.58. The predicted octanol–water partition coefficient (Wildman–Crippen LogP) is 2.98. The van der Waals surface area contributed by atoms with Gasteiger partial charge in [0.2, 0.25) is 0 Å². The molecule has 0 saturated carbocycles. The van der Waals surface area contributed by atoms with E-state index in [9.17, 15) is 13.2 Å². The Morgan fingerprint density at radius 3 is 2.70 bits per heavy atom. The fourth-order valence-electron chi connectivity index (χ4n) is 3.19. The molecule has 3 aromatic rings. The summed E-state index contributed by atoms with van der Waals surface area (Å²) in [5.74, 6) is 0. The molecule has 3 heterocycles. The largest absolute Gasteiger partial charge is 0.450 e. The molecular weight excluding hydrogens is 386 g/mol. The van der Waals surface area contributed by atoms with Crippen molar-refractivity contribution >= 4 is 32.2 Å². The lowest BCUT2D eigenvalue weighted by atomic mass is 10.1. The summed E-state index contributed by atoms with van der Waals surface area (Å²) in [5.41, 5.74) is 2.84. The summed E-state index contributed by atoms with van der Waals surface area (Å²) in [6.45, 7) is 3.34. The number of nitrogens with zero attached hydrogens (tertiary/aromatic N) is 3. The first-order valence-corrected chi connectivity index (χ1v) is 11.3. The van der Waals surface area contributed by atoms with Gasteiger partial charge in [0, 0.05) is 41.6 Å². The van der Waals surface area contributed by atoms with Gasteiger partial charge in [0.05, 0.1) is 23.7 Å². The molecule has 1 aromatic carbocycles. The Hall–Kier alpha value is -2.39. The minimum absolute atomic E-state index is 0.277. The number of benzene rings is 1. The lowest BCUT2D eigenvalue weighted by Crippen LogP contribution is -2.36. The van der Waals surface area contributed by atoms with Crippen LogP contribution in [0.5, 0.6) is 0 Å². The molecule has 0 aliphatic carbocycles. The molecule has 0 spiro atoms. The fourth-order valence-corrected chi connectivity index (χ4v) is 4.99. The zero-order valence-electron chi connectivity index (χ0n) is 15.0. The highest BCUT2D eigenvalue weighted by atomic mass is 32.2. The SMILES string of the molecule is CCOC(=O)N1CCc2c(sc3nc(-c4ccc(S(C)(=O)=O)cc4)cn23)C1. The van der Waals surface area contributed by atoms with Gasteiger partial charge in [-0.3, -0.25) is 4.40 Å². The smallest absolute Gasteiger partial charge is 0.410 e. The van der Waals surface area contributed by atoms with Crippen molar-refractivity contribution in [3.8, 4) is 11.3 Å². The van der Waals surface area contributed by atoms with Crippen LogP contribution < -0.4 is 0 Å². The lowest BCUT2D eigenvalue weighted by molar-refractivity contribution is 0.103. The van der Waals surface area contributed by atoms with E-state index in [1.54, 1.807) is 47.4 Å². The van der Waals surface area contributed by atoms with Gasteiger partial charge >= 0.3 is 6.09 Å². The number of fused-ring (bicyclic) bond motifs is 3. The Kier molecular flexibility index (Phi) is 4.43. The van der Waals surface area contributed by atoms with E-state index in [1.807, 2.05) is 6.20 Å². The molecule has 1 aliphatic rings. The Balaban J connectivity index is 1.62. The Bertz CT molecular complexity index is 1110. The molecule has 9 heteroatoms. The second-order valence-electron chi connectivity index (χ2n) is 6.42. The third-order valence-corrected chi connectivity index (χ3v) is 6.77. The standard InChI is InChI=1S/C18H19N3O4S2/c1-3-25-18(22)20-9-8-15-16(11-20)26-17-19-14(10-21(15)17)12-4-6-13(7-5-12)27(2,23)24/h4-7,10H,3,8-9,11H2,1-2H3. The molecule has 0 N–H and O–H groups in total. The van der Waals surface area contributed by atoms with Crippen LogP contribution in [0.3, 0.4) is 0 Å². The van der Waals surface area contributed by atoms with Crippen molar-refractivity contribution in [1.29, 1.82) is 0 Å². The summed E-state index contributed by atoms with van der Waals surface area (Å²) in [5, 5.41) is 0. The van der Waals surface area contributed by atoms with E-state index in [-0.39, 0.29) is 6.09 Å². The Labute approximate surface area is 161 Å². The molecule has 7 nitrogen and oxygen atoms in total. The zero-order valence-corrected chi connectivity index (χ0v) is 16.6. The maximum atomic E-state index is 11.9. The van der Waals surface area contributed by atoms with Gasteiger partial charge in [0.25, 0.3) is 0 Å². The number of sulfone groups is 1. The average molecular weight is 406 g/mol. The summed E-state index contributed by atoms with van der Waals surface area (Å²) >= 11 is 1.57. The van der Waals surface area contributed by atoms with Crippen LogP contribution in [0.2, 0.25) is 0 Å². The van der Waals surface area contributed by atoms with E-state index >= 15 is 0 Å².